The number of thioether (sulfide) groups is 1. The zero-order chi connectivity index (χ0) is 13.6. The molecule has 4 heteroatoms. The van der Waals surface area contributed by atoms with Gasteiger partial charge in [-0.1, -0.05) is 17.8 Å². The molecule has 0 saturated carbocycles. The Hall–Kier alpha value is -1.16. The van der Waals surface area contributed by atoms with Crippen molar-refractivity contribution >= 4 is 17.7 Å². The van der Waals surface area contributed by atoms with Gasteiger partial charge in [0.25, 0.3) is 0 Å². The maximum absolute atomic E-state index is 11.1. The van der Waals surface area contributed by atoms with Crippen LogP contribution in [0.4, 0.5) is 0 Å². The Morgan fingerprint density at radius 3 is 2.72 bits per heavy atom. The van der Waals surface area contributed by atoms with Gasteiger partial charge in [-0.15, -0.1) is 0 Å². The number of carboxylic acid groups (broad SMARTS) is 1. The molecule has 0 amide bonds. The van der Waals surface area contributed by atoms with E-state index in [1.165, 1.54) is 0 Å². The molecule has 0 aromatic heterocycles. The normalized spacial score (nSPS) is 17.1. The van der Waals surface area contributed by atoms with Crippen LogP contribution in [0.3, 0.4) is 0 Å². The average Bonchev–Trinajstić information content (AvgIpc) is 2.50. The van der Waals surface area contributed by atoms with Crippen molar-refractivity contribution < 1.29 is 14.6 Å². The van der Waals surface area contributed by atoms with E-state index in [-0.39, 0.29) is 4.93 Å². The number of ether oxygens (including phenoxy) is 1. The first-order valence-electron chi connectivity index (χ1n) is 5.94. The van der Waals surface area contributed by atoms with Crippen LogP contribution in [0.15, 0.2) is 23.1 Å². The Labute approximate surface area is 112 Å². The van der Waals surface area contributed by atoms with Crippen molar-refractivity contribution in [2.24, 2.45) is 5.41 Å². The minimum absolute atomic E-state index is 0.233. The largest absolute Gasteiger partial charge is 0.481 e. The highest BCUT2D eigenvalue weighted by Crippen LogP contribution is 2.47. The van der Waals surface area contributed by atoms with Crippen molar-refractivity contribution in [2.45, 2.75) is 43.9 Å². The number of fused-ring (bicyclic) bond motifs is 1. The molecular formula is C14H18O3S. The molecule has 0 radical (unpaired) electrons. The van der Waals surface area contributed by atoms with E-state index < -0.39 is 11.4 Å². The number of rotatable bonds is 3. The van der Waals surface area contributed by atoms with Gasteiger partial charge in [-0.2, -0.15) is 0 Å². The van der Waals surface area contributed by atoms with Gasteiger partial charge in [0.15, 0.2) is 4.93 Å². The predicted molar refractivity (Wildman–Crippen MR) is 72.1 cm³/mol. The highest BCUT2D eigenvalue weighted by molar-refractivity contribution is 8.00. The maximum Gasteiger partial charge on any atom is 0.309 e. The van der Waals surface area contributed by atoms with Gasteiger partial charge in [0.2, 0.25) is 0 Å². The summed E-state index contributed by atoms with van der Waals surface area (Å²) in [6.45, 7) is 7.53. The lowest BCUT2D eigenvalue weighted by Gasteiger charge is -2.19. The van der Waals surface area contributed by atoms with Crippen LogP contribution in [0, 0.1) is 5.41 Å². The average molecular weight is 266 g/mol. The molecule has 1 aliphatic rings. The van der Waals surface area contributed by atoms with E-state index >= 15 is 0 Å². The smallest absolute Gasteiger partial charge is 0.309 e. The quantitative estimate of drug-likeness (QED) is 0.908. The van der Waals surface area contributed by atoms with Gasteiger partial charge in [0, 0.05) is 0 Å². The standard InChI is InChI=1S/C14H18O3S/c1-13(2,12(15)16)8-9-5-6-11-10(7-9)17-14(3,4)18-11/h5-7H,8H2,1-4H3,(H,15,16). The van der Waals surface area contributed by atoms with Crippen molar-refractivity contribution in [3.63, 3.8) is 0 Å². The zero-order valence-corrected chi connectivity index (χ0v) is 11.9. The second kappa shape index (κ2) is 4.19. The molecule has 18 heavy (non-hydrogen) atoms. The number of benzene rings is 1. The Kier molecular flexibility index (Phi) is 3.09. The van der Waals surface area contributed by atoms with Gasteiger partial charge in [0.1, 0.15) is 5.75 Å². The molecule has 2 rings (SSSR count). The highest BCUT2D eigenvalue weighted by Gasteiger charge is 2.32. The molecule has 0 bridgehead atoms. The first kappa shape index (κ1) is 13.3. The number of hydrogen-bond donors (Lipinski definition) is 1. The minimum atomic E-state index is -0.779. The highest BCUT2D eigenvalue weighted by atomic mass is 32.2. The lowest BCUT2D eigenvalue weighted by Crippen LogP contribution is -2.26. The SMILES string of the molecule is CC1(C)Oc2cc(CC(C)(C)C(=O)O)ccc2S1. The fourth-order valence-corrected chi connectivity index (χ4v) is 2.96. The maximum atomic E-state index is 11.1. The Morgan fingerprint density at radius 2 is 2.11 bits per heavy atom. The van der Waals surface area contributed by atoms with E-state index in [4.69, 9.17) is 9.84 Å². The van der Waals surface area contributed by atoms with Crippen LogP contribution in [0.25, 0.3) is 0 Å². The molecule has 0 aliphatic carbocycles. The van der Waals surface area contributed by atoms with E-state index in [1.54, 1.807) is 25.6 Å². The topological polar surface area (TPSA) is 46.5 Å². The zero-order valence-electron chi connectivity index (χ0n) is 11.1. The molecule has 1 aromatic carbocycles. The van der Waals surface area contributed by atoms with Crippen LogP contribution in [0.5, 0.6) is 5.75 Å². The molecular weight excluding hydrogens is 248 g/mol. The van der Waals surface area contributed by atoms with Gasteiger partial charge in [-0.3, -0.25) is 4.79 Å². The third-order valence-electron chi connectivity index (χ3n) is 2.94. The summed E-state index contributed by atoms with van der Waals surface area (Å²) in [5.41, 5.74) is 0.245. The summed E-state index contributed by atoms with van der Waals surface area (Å²) in [5, 5.41) is 9.14. The van der Waals surface area contributed by atoms with Gasteiger partial charge in [0.05, 0.1) is 10.3 Å². The van der Waals surface area contributed by atoms with Crippen molar-refractivity contribution in [3.8, 4) is 5.75 Å². The first-order chi connectivity index (χ1) is 8.20. The van der Waals surface area contributed by atoms with Gasteiger partial charge < -0.3 is 9.84 Å². The fraction of sp³-hybridized carbons (Fsp3) is 0.500. The van der Waals surface area contributed by atoms with Crippen molar-refractivity contribution in [1.29, 1.82) is 0 Å². The number of carboxylic acids is 1. The molecule has 0 fully saturated rings. The van der Waals surface area contributed by atoms with Crippen molar-refractivity contribution in [1.82, 2.24) is 0 Å². The molecule has 3 nitrogen and oxygen atoms in total. The summed E-state index contributed by atoms with van der Waals surface area (Å²) in [6.07, 6.45) is 0.504. The molecule has 1 heterocycles. The van der Waals surface area contributed by atoms with Gasteiger partial charge in [-0.05, 0) is 51.8 Å². The van der Waals surface area contributed by atoms with Crippen LogP contribution < -0.4 is 4.74 Å². The minimum Gasteiger partial charge on any atom is -0.481 e. The van der Waals surface area contributed by atoms with Gasteiger partial charge >= 0.3 is 5.97 Å². The van der Waals surface area contributed by atoms with Crippen molar-refractivity contribution in [3.05, 3.63) is 23.8 Å². The second-order valence-corrected chi connectivity index (χ2v) is 7.38. The number of aliphatic carboxylic acids is 1. The second-order valence-electron chi connectivity index (χ2n) is 5.75. The summed E-state index contributed by atoms with van der Waals surface area (Å²) < 4.78 is 5.83. The van der Waals surface area contributed by atoms with Gasteiger partial charge in [-0.25, -0.2) is 0 Å². The lowest BCUT2D eigenvalue weighted by atomic mass is 9.86. The lowest BCUT2D eigenvalue weighted by molar-refractivity contribution is -0.146. The third kappa shape index (κ3) is 2.64. The Balaban J connectivity index is 2.22. The number of hydrogen-bond acceptors (Lipinski definition) is 3. The monoisotopic (exact) mass is 266 g/mol. The predicted octanol–water partition coefficient (Wildman–Crippen LogP) is 3.56. The molecule has 0 saturated heterocycles. The summed E-state index contributed by atoms with van der Waals surface area (Å²) in [4.78, 5) is 12.0. The van der Waals surface area contributed by atoms with E-state index in [9.17, 15) is 4.79 Å². The fourth-order valence-electron chi connectivity index (χ4n) is 1.96. The Morgan fingerprint density at radius 1 is 1.44 bits per heavy atom. The molecule has 1 N–H and O–H groups in total. The molecule has 0 atom stereocenters. The van der Waals surface area contributed by atoms with E-state index in [0.29, 0.717) is 6.42 Å². The van der Waals surface area contributed by atoms with Crippen LogP contribution in [-0.4, -0.2) is 16.0 Å². The van der Waals surface area contributed by atoms with Crippen LogP contribution in [-0.2, 0) is 11.2 Å². The van der Waals surface area contributed by atoms with Crippen LogP contribution >= 0.6 is 11.8 Å². The Bertz CT molecular complexity index is 492. The first-order valence-corrected chi connectivity index (χ1v) is 6.76. The molecule has 1 aliphatic heterocycles. The van der Waals surface area contributed by atoms with E-state index in [1.807, 2.05) is 32.0 Å². The van der Waals surface area contributed by atoms with Crippen molar-refractivity contribution in [2.75, 3.05) is 0 Å². The molecule has 1 aromatic rings. The molecule has 0 spiro atoms. The summed E-state index contributed by atoms with van der Waals surface area (Å²) in [5.74, 6) is 0.0855. The van der Waals surface area contributed by atoms with E-state index in [2.05, 4.69) is 0 Å². The molecule has 0 unspecified atom stereocenters. The summed E-state index contributed by atoms with van der Waals surface area (Å²) >= 11 is 1.69. The van der Waals surface area contributed by atoms with Crippen LogP contribution in [0.2, 0.25) is 0 Å². The summed E-state index contributed by atoms with van der Waals surface area (Å²) in [6, 6.07) is 5.96. The van der Waals surface area contributed by atoms with Crippen LogP contribution in [0.1, 0.15) is 33.3 Å². The van der Waals surface area contributed by atoms with E-state index in [0.717, 1.165) is 16.2 Å². The molecule has 98 valence electrons. The third-order valence-corrected chi connectivity index (χ3v) is 4.08. The number of carbonyl (C=O) groups is 1. The summed E-state index contributed by atoms with van der Waals surface area (Å²) in [7, 11) is 0.